The molecule has 1 atom stereocenters. The summed E-state index contributed by atoms with van der Waals surface area (Å²) in [6.45, 7) is 3.08. The smallest absolute Gasteiger partial charge is 0.309 e. The van der Waals surface area contributed by atoms with Crippen molar-refractivity contribution >= 4 is 21.9 Å². The minimum atomic E-state index is -0.0476. The lowest BCUT2D eigenvalue weighted by atomic mass is 9.98. The highest BCUT2D eigenvalue weighted by Crippen LogP contribution is 2.17. The molecule has 4 heteroatoms. The molecule has 1 aliphatic rings. The van der Waals surface area contributed by atoms with E-state index in [4.69, 9.17) is 4.74 Å². The van der Waals surface area contributed by atoms with Crippen molar-refractivity contribution in [3.8, 4) is 0 Å². The van der Waals surface area contributed by atoms with Crippen LogP contribution in [0.25, 0.3) is 0 Å². The first-order valence-corrected chi connectivity index (χ1v) is 6.26. The van der Waals surface area contributed by atoms with Crippen LogP contribution in [0.5, 0.6) is 0 Å². The third-order valence-corrected chi connectivity index (χ3v) is 3.21. The predicted octanol–water partition coefficient (Wildman–Crippen LogP) is 1.66. The van der Waals surface area contributed by atoms with Gasteiger partial charge in [0.1, 0.15) is 0 Å². The highest BCUT2D eigenvalue weighted by atomic mass is 79.9. The fraction of sp³-hybridized carbons (Fsp3) is 0.900. The summed E-state index contributed by atoms with van der Waals surface area (Å²) in [5.41, 5.74) is 0. The van der Waals surface area contributed by atoms with Crippen molar-refractivity contribution in [2.45, 2.75) is 19.3 Å². The van der Waals surface area contributed by atoms with Gasteiger partial charge in [0, 0.05) is 11.9 Å². The van der Waals surface area contributed by atoms with E-state index in [9.17, 15) is 4.79 Å². The number of hydrogen-bond donors (Lipinski definition) is 0. The van der Waals surface area contributed by atoms with Gasteiger partial charge in [0.15, 0.2) is 0 Å². The normalized spacial score (nSPS) is 23.4. The highest BCUT2D eigenvalue weighted by molar-refractivity contribution is 9.09. The van der Waals surface area contributed by atoms with E-state index < -0.39 is 0 Å². The Labute approximate surface area is 93.9 Å². The van der Waals surface area contributed by atoms with E-state index in [1.54, 1.807) is 0 Å². The van der Waals surface area contributed by atoms with Gasteiger partial charge in [0.05, 0.1) is 13.0 Å². The summed E-state index contributed by atoms with van der Waals surface area (Å²) >= 11 is 3.42. The number of hydrogen-bond acceptors (Lipinski definition) is 3. The average Bonchev–Trinajstić information content (AvgIpc) is 2.25. The van der Waals surface area contributed by atoms with E-state index in [0.29, 0.717) is 0 Å². The Morgan fingerprint density at radius 2 is 2.43 bits per heavy atom. The molecular weight excluding hydrogens is 246 g/mol. The summed E-state index contributed by atoms with van der Waals surface area (Å²) in [5, 5.41) is 1.03. The minimum Gasteiger partial charge on any atom is -0.469 e. The van der Waals surface area contributed by atoms with Gasteiger partial charge in [0.25, 0.3) is 0 Å². The summed E-state index contributed by atoms with van der Waals surface area (Å²) < 4.78 is 4.77. The van der Waals surface area contributed by atoms with Crippen LogP contribution in [0.4, 0.5) is 0 Å². The number of methoxy groups -OCH3 is 1. The molecule has 0 spiro atoms. The van der Waals surface area contributed by atoms with Crippen molar-refractivity contribution in [2.75, 3.05) is 32.1 Å². The van der Waals surface area contributed by atoms with Crippen LogP contribution in [0.3, 0.4) is 0 Å². The zero-order chi connectivity index (χ0) is 10.4. The van der Waals surface area contributed by atoms with E-state index in [2.05, 4.69) is 20.8 Å². The monoisotopic (exact) mass is 263 g/mol. The van der Waals surface area contributed by atoms with Crippen LogP contribution in [0.2, 0.25) is 0 Å². The van der Waals surface area contributed by atoms with Crippen molar-refractivity contribution in [1.82, 2.24) is 4.90 Å². The van der Waals surface area contributed by atoms with Crippen molar-refractivity contribution in [3.05, 3.63) is 0 Å². The molecular formula is C10H18BrNO2. The summed E-state index contributed by atoms with van der Waals surface area (Å²) in [6, 6.07) is 0. The molecule has 0 bridgehead atoms. The highest BCUT2D eigenvalue weighted by Gasteiger charge is 2.25. The lowest BCUT2D eigenvalue weighted by Gasteiger charge is -2.30. The third kappa shape index (κ3) is 3.58. The van der Waals surface area contributed by atoms with Crippen LogP contribution in [0.1, 0.15) is 19.3 Å². The van der Waals surface area contributed by atoms with E-state index >= 15 is 0 Å². The van der Waals surface area contributed by atoms with Gasteiger partial charge >= 0.3 is 5.97 Å². The maximum absolute atomic E-state index is 11.3. The van der Waals surface area contributed by atoms with E-state index in [0.717, 1.165) is 44.2 Å². The van der Waals surface area contributed by atoms with E-state index in [-0.39, 0.29) is 11.9 Å². The largest absolute Gasteiger partial charge is 0.469 e. The van der Waals surface area contributed by atoms with E-state index in [1.807, 2.05) is 0 Å². The predicted molar refractivity (Wildman–Crippen MR) is 59.6 cm³/mol. The number of esters is 1. The summed E-state index contributed by atoms with van der Waals surface area (Å²) in [4.78, 5) is 13.7. The van der Waals surface area contributed by atoms with Crippen LogP contribution in [0, 0.1) is 5.92 Å². The Bertz CT molecular complexity index is 187. The SMILES string of the molecule is COC(=O)C1CCCN(CCCBr)C1. The number of nitrogens with zero attached hydrogens (tertiary/aromatic N) is 1. The maximum Gasteiger partial charge on any atom is 0.309 e. The maximum atomic E-state index is 11.3. The number of halogens is 1. The number of carbonyl (C=O) groups is 1. The zero-order valence-corrected chi connectivity index (χ0v) is 10.3. The second kappa shape index (κ2) is 6.40. The van der Waals surface area contributed by atoms with Gasteiger partial charge in [-0.15, -0.1) is 0 Å². The fourth-order valence-corrected chi connectivity index (χ4v) is 2.15. The first-order chi connectivity index (χ1) is 6.77. The van der Waals surface area contributed by atoms with Crippen molar-refractivity contribution < 1.29 is 9.53 Å². The molecule has 3 nitrogen and oxygen atoms in total. The molecule has 0 aliphatic carbocycles. The number of alkyl halides is 1. The summed E-state index contributed by atoms with van der Waals surface area (Å²) in [5.74, 6) is 0.0533. The quantitative estimate of drug-likeness (QED) is 0.571. The lowest BCUT2D eigenvalue weighted by molar-refractivity contribution is -0.147. The molecule has 1 saturated heterocycles. The molecule has 1 fully saturated rings. The Morgan fingerprint density at radius 3 is 3.07 bits per heavy atom. The topological polar surface area (TPSA) is 29.5 Å². The molecule has 82 valence electrons. The van der Waals surface area contributed by atoms with Crippen LogP contribution in [0.15, 0.2) is 0 Å². The molecule has 0 aromatic carbocycles. The number of ether oxygens (including phenoxy) is 1. The third-order valence-electron chi connectivity index (χ3n) is 2.65. The molecule has 0 aromatic rings. The van der Waals surface area contributed by atoms with Crippen LogP contribution in [-0.2, 0) is 9.53 Å². The molecule has 0 radical (unpaired) electrons. The molecule has 0 saturated carbocycles. The van der Waals surface area contributed by atoms with Crippen LogP contribution in [-0.4, -0.2) is 42.9 Å². The number of rotatable bonds is 4. The molecule has 0 N–H and O–H groups in total. The van der Waals surface area contributed by atoms with E-state index in [1.165, 1.54) is 7.11 Å². The van der Waals surface area contributed by atoms with Gasteiger partial charge in [0.2, 0.25) is 0 Å². The Balaban J connectivity index is 2.31. The Hall–Kier alpha value is -0.0900. The Kier molecular flexibility index (Phi) is 5.48. The van der Waals surface area contributed by atoms with Gasteiger partial charge < -0.3 is 9.64 Å². The molecule has 1 rings (SSSR count). The first kappa shape index (κ1) is 12.0. The molecule has 0 amide bonds. The van der Waals surface area contributed by atoms with Gasteiger partial charge in [-0.1, -0.05) is 15.9 Å². The molecule has 0 aromatic heterocycles. The van der Waals surface area contributed by atoms with Gasteiger partial charge in [-0.3, -0.25) is 4.79 Å². The minimum absolute atomic E-state index is 0.0476. The van der Waals surface area contributed by atoms with Crippen molar-refractivity contribution in [2.24, 2.45) is 5.92 Å². The molecule has 1 aliphatic heterocycles. The zero-order valence-electron chi connectivity index (χ0n) is 8.67. The second-order valence-corrected chi connectivity index (χ2v) is 4.50. The average molecular weight is 264 g/mol. The van der Waals surface area contributed by atoms with Crippen LogP contribution < -0.4 is 0 Å². The number of carbonyl (C=O) groups excluding carboxylic acids is 1. The molecule has 14 heavy (non-hydrogen) atoms. The fourth-order valence-electron chi connectivity index (χ4n) is 1.90. The van der Waals surface area contributed by atoms with Crippen molar-refractivity contribution in [1.29, 1.82) is 0 Å². The second-order valence-electron chi connectivity index (χ2n) is 3.71. The first-order valence-electron chi connectivity index (χ1n) is 5.14. The van der Waals surface area contributed by atoms with Crippen LogP contribution >= 0.6 is 15.9 Å². The van der Waals surface area contributed by atoms with Crippen molar-refractivity contribution in [3.63, 3.8) is 0 Å². The Morgan fingerprint density at radius 1 is 1.64 bits per heavy atom. The van der Waals surface area contributed by atoms with Gasteiger partial charge in [-0.05, 0) is 32.4 Å². The molecule has 1 unspecified atom stereocenters. The molecule has 1 heterocycles. The lowest BCUT2D eigenvalue weighted by Crippen LogP contribution is -2.39. The number of likely N-dealkylation sites (tertiary alicyclic amines) is 1. The standard InChI is InChI=1S/C10H18BrNO2/c1-14-10(13)9-4-2-6-12(8-9)7-3-5-11/h9H,2-8H2,1H3. The van der Waals surface area contributed by atoms with Gasteiger partial charge in [-0.2, -0.15) is 0 Å². The number of piperidine rings is 1. The summed E-state index contributed by atoms with van der Waals surface area (Å²) in [7, 11) is 1.47. The summed E-state index contributed by atoms with van der Waals surface area (Å²) in [6.07, 6.45) is 3.24. The van der Waals surface area contributed by atoms with Gasteiger partial charge in [-0.25, -0.2) is 0 Å².